The van der Waals surface area contributed by atoms with Gasteiger partial charge in [-0.05, 0) is 62.1 Å². The number of nitrogens with two attached hydrogens (primary N) is 1. The van der Waals surface area contributed by atoms with Crippen molar-refractivity contribution in [2.45, 2.75) is 142 Å². The van der Waals surface area contributed by atoms with Crippen LogP contribution >= 0.6 is 0 Å². The lowest BCUT2D eigenvalue weighted by molar-refractivity contribution is -0.150. The molecule has 1 aromatic carbocycles. The van der Waals surface area contributed by atoms with E-state index in [-0.39, 0.29) is 68.1 Å². The lowest BCUT2D eigenvalue weighted by atomic mass is 9.93. The Bertz CT molecular complexity index is 1430. The van der Waals surface area contributed by atoms with Gasteiger partial charge in [0.05, 0.1) is 5.92 Å². The molecule has 1 heterocycles. The third-order valence-corrected chi connectivity index (χ3v) is 10.1. The van der Waals surface area contributed by atoms with Crippen molar-refractivity contribution in [3.05, 3.63) is 42.0 Å². The maximum atomic E-state index is 13.5. The summed E-state index contributed by atoms with van der Waals surface area (Å²) in [5.74, 6) is -2.54. The summed E-state index contributed by atoms with van der Waals surface area (Å²) in [5.41, 5.74) is 6.45. The predicted molar refractivity (Wildman–Crippen MR) is 209 cm³/mol. The third-order valence-electron chi connectivity index (χ3n) is 10.1. The molecule has 304 valence electrons. The summed E-state index contributed by atoms with van der Waals surface area (Å²) in [7, 11) is 0. The summed E-state index contributed by atoms with van der Waals surface area (Å²) in [6.07, 6.45) is 17.2. The molecule has 3 rings (SSSR count). The number of esters is 1. The van der Waals surface area contributed by atoms with E-state index in [1.807, 2.05) is 0 Å². The van der Waals surface area contributed by atoms with Crippen molar-refractivity contribution in [3.63, 3.8) is 0 Å². The number of anilines is 1. The Morgan fingerprint density at radius 1 is 0.782 bits per heavy atom. The van der Waals surface area contributed by atoms with E-state index in [1.165, 1.54) is 44.3 Å². The molecule has 0 bridgehead atoms. The molecule has 6 N–H and O–H groups in total. The minimum Gasteiger partial charge on any atom is -0.461 e. The van der Waals surface area contributed by atoms with E-state index in [4.69, 9.17) is 10.5 Å². The third kappa shape index (κ3) is 17.1. The molecule has 1 aromatic rings. The molecule has 55 heavy (non-hydrogen) atoms. The summed E-state index contributed by atoms with van der Waals surface area (Å²) >= 11 is 0. The van der Waals surface area contributed by atoms with Crippen LogP contribution in [0.1, 0.15) is 129 Å². The van der Waals surface area contributed by atoms with Crippen LogP contribution in [-0.4, -0.2) is 71.6 Å². The van der Waals surface area contributed by atoms with Crippen molar-refractivity contribution in [1.82, 2.24) is 20.9 Å². The van der Waals surface area contributed by atoms with E-state index in [0.29, 0.717) is 31.4 Å². The number of urea groups is 1. The van der Waals surface area contributed by atoms with Crippen LogP contribution in [0, 0.1) is 11.8 Å². The van der Waals surface area contributed by atoms with Crippen LogP contribution in [0.5, 0.6) is 0 Å². The highest BCUT2D eigenvalue weighted by Crippen LogP contribution is 2.23. The summed E-state index contributed by atoms with van der Waals surface area (Å²) in [6.45, 7) is 4.19. The Morgan fingerprint density at radius 2 is 1.38 bits per heavy atom. The minimum atomic E-state index is -0.989. The normalized spacial score (nSPS) is 16.7. The minimum absolute atomic E-state index is 0.0809. The number of hydrogen-bond acceptors (Lipinski definition) is 8. The first-order valence-electron chi connectivity index (χ1n) is 20.2. The second-order valence-corrected chi connectivity index (χ2v) is 15.0. The number of carbonyl (C=O) groups is 7. The number of benzene rings is 1. The van der Waals surface area contributed by atoms with Crippen molar-refractivity contribution in [2.24, 2.45) is 17.6 Å². The number of carbonyl (C=O) groups excluding carboxylic acids is 7. The Labute approximate surface area is 325 Å². The number of unbranched alkanes of at least 4 members (excludes halogenated alkanes) is 2. The second-order valence-electron chi connectivity index (χ2n) is 15.0. The van der Waals surface area contributed by atoms with Gasteiger partial charge < -0.3 is 31.7 Å². The molecule has 2 aliphatic rings. The monoisotopic (exact) mass is 766 g/mol. The molecule has 0 unspecified atom stereocenters. The van der Waals surface area contributed by atoms with Gasteiger partial charge in [-0.2, -0.15) is 0 Å². The summed E-state index contributed by atoms with van der Waals surface area (Å²) in [5, 5.41) is 10.9. The molecular formula is C41H62N6O8. The zero-order valence-corrected chi connectivity index (χ0v) is 32.7. The van der Waals surface area contributed by atoms with Gasteiger partial charge in [0, 0.05) is 37.3 Å². The molecule has 7 amide bonds. The molecule has 1 fully saturated rings. The van der Waals surface area contributed by atoms with Gasteiger partial charge in [0.15, 0.2) is 0 Å². The second kappa shape index (κ2) is 24.6. The van der Waals surface area contributed by atoms with Crippen LogP contribution in [0.3, 0.4) is 0 Å². The highest BCUT2D eigenvalue weighted by molar-refractivity contribution is 6.12. The zero-order valence-electron chi connectivity index (χ0n) is 32.7. The molecule has 0 radical (unpaired) electrons. The van der Waals surface area contributed by atoms with E-state index in [0.717, 1.165) is 49.0 Å². The van der Waals surface area contributed by atoms with E-state index in [9.17, 15) is 33.6 Å². The zero-order chi connectivity index (χ0) is 40.0. The quantitative estimate of drug-likeness (QED) is 0.0722. The lowest BCUT2D eigenvalue weighted by Crippen LogP contribution is -2.54. The number of hydrogen-bond donors (Lipinski definition) is 5. The molecule has 0 spiro atoms. The number of ether oxygens (including phenoxy) is 1. The van der Waals surface area contributed by atoms with Crippen LogP contribution in [0.4, 0.5) is 10.5 Å². The molecule has 0 aromatic heterocycles. The molecule has 0 saturated heterocycles. The number of nitrogens with one attached hydrogen (secondary N) is 4. The molecule has 2 atom stereocenters. The molecule has 14 heteroatoms. The SMILES string of the molecule is CC(C)[C@H](NC(=O)CCCCCN1C(=O)C=CC1=O)C(=O)N[C@@H](CCCNC(N)=O)C(=O)Nc1ccc(COC(=O)C2CCCCCCCCCCC2)cc1. The van der Waals surface area contributed by atoms with Gasteiger partial charge in [-0.1, -0.05) is 90.2 Å². The van der Waals surface area contributed by atoms with Gasteiger partial charge in [-0.15, -0.1) is 0 Å². The van der Waals surface area contributed by atoms with E-state index < -0.39 is 29.9 Å². The van der Waals surface area contributed by atoms with Gasteiger partial charge in [-0.25, -0.2) is 4.79 Å². The molecule has 1 saturated carbocycles. The maximum absolute atomic E-state index is 13.5. The van der Waals surface area contributed by atoms with Gasteiger partial charge in [0.2, 0.25) is 17.7 Å². The standard InChI is InChI=1S/C41H62N6O8/c1-29(2)37(46-34(48)19-13-10-14-27-47-35(49)24-25-36(47)50)39(52)45-33(18-15-26-43-41(42)54)38(51)44-32-22-20-30(21-23-32)28-55-40(53)31-16-11-8-6-4-3-5-7-9-12-17-31/h20-25,29,31,33,37H,3-19,26-28H2,1-2H3,(H,44,51)(H,45,52)(H,46,48)(H3,42,43,54)/t33-,37-/m0/s1. The van der Waals surface area contributed by atoms with Crippen molar-refractivity contribution >= 4 is 47.2 Å². The highest BCUT2D eigenvalue weighted by atomic mass is 16.5. The first kappa shape index (κ1) is 44.6. The summed E-state index contributed by atoms with van der Waals surface area (Å²) < 4.78 is 5.73. The Morgan fingerprint density at radius 3 is 1.96 bits per heavy atom. The van der Waals surface area contributed by atoms with Crippen LogP contribution in [-0.2, 0) is 40.1 Å². The summed E-state index contributed by atoms with van der Waals surface area (Å²) in [4.78, 5) is 88.6. The molecular weight excluding hydrogens is 704 g/mol. The van der Waals surface area contributed by atoms with Crippen molar-refractivity contribution in [2.75, 3.05) is 18.4 Å². The molecule has 1 aliphatic heterocycles. The highest BCUT2D eigenvalue weighted by Gasteiger charge is 2.29. The van der Waals surface area contributed by atoms with Crippen molar-refractivity contribution in [3.8, 4) is 0 Å². The predicted octanol–water partition coefficient (Wildman–Crippen LogP) is 5.15. The summed E-state index contributed by atoms with van der Waals surface area (Å²) in [6, 6.07) is 4.37. The average Bonchev–Trinajstić information content (AvgIpc) is 3.46. The molecule has 14 nitrogen and oxygen atoms in total. The number of amides is 7. The van der Waals surface area contributed by atoms with Gasteiger partial charge in [0.25, 0.3) is 11.8 Å². The smallest absolute Gasteiger partial charge is 0.312 e. The van der Waals surface area contributed by atoms with Crippen LogP contribution in [0.15, 0.2) is 36.4 Å². The Kier molecular flexibility index (Phi) is 20.0. The average molecular weight is 767 g/mol. The fourth-order valence-corrected chi connectivity index (χ4v) is 6.80. The number of nitrogens with zero attached hydrogens (tertiary/aromatic N) is 1. The van der Waals surface area contributed by atoms with E-state index in [1.54, 1.807) is 38.1 Å². The Balaban J connectivity index is 1.52. The largest absolute Gasteiger partial charge is 0.461 e. The van der Waals surface area contributed by atoms with Crippen molar-refractivity contribution < 1.29 is 38.3 Å². The fraction of sp³-hybridized carbons (Fsp3) is 0.634. The lowest BCUT2D eigenvalue weighted by Gasteiger charge is -2.25. The number of primary amides is 1. The van der Waals surface area contributed by atoms with Crippen LogP contribution < -0.4 is 27.0 Å². The van der Waals surface area contributed by atoms with Crippen LogP contribution in [0.25, 0.3) is 0 Å². The first-order chi connectivity index (χ1) is 26.4. The van der Waals surface area contributed by atoms with E-state index >= 15 is 0 Å². The van der Waals surface area contributed by atoms with E-state index in [2.05, 4.69) is 21.3 Å². The van der Waals surface area contributed by atoms with Crippen molar-refractivity contribution in [1.29, 1.82) is 0 Å². The number of rotatable bonds is 19. The van der Waals surface area contributed by atoms with Gasteiger partial charge in [0.1, 0.15) is 18.7 Å². The maximum Gasteiger partial charge on any atom is 0.312 e. The first-order valence-corrected chi connectivity index (χ1v) is 20.2. The fourth-order valence-electron chi connectivity index (χ4n) is 6.80. The molecule has 1 aliphatic carbocycles. The number of imide groups is 1. The topological polar surface area (TPSA) is 206 Å². The van der Waals surface area contributed by atoms with Crippen LogP contribution in [0.2, 0.25) is 0 Å². The Hall–Kier alpha value is -4.75. The van der Waals surface area contributed by atoms with Gasteiger partial charge in [-0.3, -0.25) is 33.7 Å². The van der Waals surface area contributed by atoms with Gasteiger partial charge >= 0.3 is 12.0 Å².